The molecule has 0 spiro atoms. The molecule has 2 heterocycles. The van der Waals surface area contributed by atoms with Crippen LogP contribution in [-0.2, 0) is 9.53 Å². The zero-order valence-corrected chi connectivity index (χ0v) is 14.7. The summed E-state index contributed by atoms with van der Waals surface area (Å²) in [5.74, 6) is 0.519. The second kappa shape index (κ2) is 6.93. The van der Waals surface area contributed by atoms with E-state index in [-0.39, 0.29) is 18.1 Å². The van der Waals surface area contributed by atoms with Crippen LogP contribution in [0.2, 0.25) is 5.02 Å². The Balaban J connectivity index is 1.74. The number of aromatic nitrogens is 2. The van der Waals surface area contributed by atoms with Crippen LogP contribution in [0.5, 0.6) is 0 Å². The van der Waals surface area contributed by atoms with E-state index in [4.69, 9.17) is 16.3 Å². The highest BCUT2D eigenvalue weighted by atomic mass is 35.5. The van der Waals surface area contributed by atoms with Crippen molar-refractivity contribution in [3.63, 3.8) is 0 Å². The lowest BCUT2D eigenvalue weighted by atomic mass is 10.2. The van der Waals surface area contributed by atoms with Gasteiger partial charge >= 0.3 is 0 Å². The van der Waals surface area contributed by atoms with Crippen LogP contribution >= 0.6 is 11.6 Å². The van der Waals surface area contributed by atoms with Gasteiger partial charge in [-0.05, 0) is 44.7 Å². The van der Waals surface area contributed by atoms with E-state index in [0.717, 1.165) is 17.8 Å². The molecule has 1 aromatic carbocycles. The number of methoxy groups -OCH3 is 1. The summed E-state index contributed by atoms with van der Waals surface area (Å²) in [6.45, 7) is 2.68. The molecule has 0 radical (unpaired) electrons. The number of halogens is 1. The van der Waals surface area contributed by atoms with Gasteiger partial charge in [-0.2, -0.15) is 0 Å². The highest BCUT2D eigenvalue weighted by Crippen LogP contribution is 2.22. The van der Waals surface area contributed by atoms with Gasteiger partial charge in [-0.3, -0.25) is 9.69 Å². The minimum atomic E-state index is -0.199. The Morgan fingerprint density at radius 3 is 2.71 bits per heavy atom. The third-order valence-corrected chi connectivity index (χ3v) is 4.63. The Bertz CT molecular complexity index is 729. The molecule has 24 heavy (non-hydrogen) atoms. The number of carbonyl (C=O) groups excluding carboxylic acids is 1. The van der Waals surface area contributed by atoms with E-state index in [1.54, 1.807) is 11.8 Å². The topological polar surface area (TPSA) is 59.4 Å². The molecule has 1 saturated heterocycles. The number of amides is 1. The van der Waals surface area contributed by atoms with E-state index in [1.165, 1.54) is 0 Å². The quantitative estimate of drug-likeness (QED) is 0.922. The van der Waals surface area contributed by atoms with Gasteiger partial charge in [0.1, 0.15) is 0 Å². The predicted octanol–water partition coefficient (Wildman–Crippen LogP) is 2.49. The standard InChI is InChI=1S/C17H21ClN4O2/c1-11-9-22(13-6-4-12(18)5-7-13)20-16(11)19-17(23)15-8-14(24-3)10-21(15)2/h4-7,9,14-15H,8,10H2,1-3H3,(H,19,20,23)/t14-,15-/m0/s1. The third kappa shape index (κ3) is 3.45. The van der Waals surface area contributed by atoms with Gasteiger partial charge < -0.3 is 10.1 Å². The zero-order valence-electron chi connectivity index (χ0n) is 14.0. The van der Waals surface area contributed by atoms with E-state index >= 15 is 0 Å². The summed E-state index contributed by atoms with van der Waals surface area (Å²) in [5, 5.41) is 8.09. The molecule has 1 amide bonds. The first-order chi connectivity index (χ1) is 11.5. The lowest BCUT2D eigenvalue weighted by molar-refractivity contribution is -0.120. The van der Waals surface area contributed by atoms with E-state index in [2.05, 4.69) is 10.4 Å². The van der Waals surface area contributed by atoms with Crippen LogP contribution in [0.1, 0.15) is 12.0 Å². The van der Waals surface area contributed by atoms with E-state index in [0.29, 0.717) is 17.3 Å². The number of anilines is 1. The van der Waals surface area contributed by atoms with Crippen molar-refractivity contribution in [2.24, 2.45) is 0 Å². The summed E-state index contributed by atoms with van der Waals surface area (Å²) in [6, 6.07) is 7.19. The van der Waals surface area contributed by atoms with Crippen molar-refractivity contribution in [3.05, 3.63) is 41.0 Å². The summed E-state index contributed by atoms with van der Waals surface area (Å²) in [7, 11) is 3.61. The van der Waals surface area contributed by atoms with Gasteiger partial charge in [0.25, 0.3) is 0 Å². The van der Waals surface area contributed by atoms with Crippen LogP contribution in [-0.4, -0.2) is 53.4 Å². The van der Waals surface area contributed by atoms with Crippen LogP contribution in [0.4, 0.5) is 5.82 Å². The SMILES string of the molecule is CO[C@H]1C[C@@H](C(=O)Nc2nn(-c3ccc(Cl)cc3)cc2C)N(C)C1. The zero-order chi connectivity index (χ0) is 17.3. The third-order valence-electron chi connectivity index (χ3n) is 4.38. The monoisotopic (exact) mass is 348 g/mol. The summed E-state index contributed by atoms with van der Waals surface area (Å²) in [6.07, 6.45) is 2.67. The number of likely N-dealkylation sites (tertiary alicyclic amines) is 1. The van der Waals surface area contributed by atoms with Gasteiger partial charge in [-0.1, -0.05) is 11.6 Å². The van der Waals surface area contributed by atoms with Gasteiger partial charge in [0.2, 0.25) is 5.91 Å². The van der Waals surface area contributed by atoms with Crippen LogP contribution in [0.25, 0.3) is 5.69 Å². The summed E-state index contributed by atoms with van der Waals surface area (Å²) in [5.41, 5.74) is 1.79. The van der Waals surface area contributed by atoms with Crippen molar-refractivity contribution in [1.29, 1.82) is 0 Å². The molecular weight excluding hydrogens is 328 g/mol. The Morgan fingerprint density at radius 2 is 2.08 bits per heavy atom. The molecule has 1 aliphatic heterocycles. The predicted molar refractivity (Wildman–Crippen MR) is 93.8 cm³/mol. The summed E-state index contributed by atoms with van der Waals surface area (Å²) < 4.78 is 7.09. The molecule has 6 nitrogen and oxygen atoms in total. The fourth-order valence-electron chi connectivity index (χ4n) is 2.94. The Kier molecular flexibility index (Phi) is 4.89. The minimum Gasteiger partial charge on any atom is -0.380 e. The number of nitrogens with zero attached hydrogens (tertiary/aromatic N) is 3. The highest BCUT2D eigenvalue weighted by Gasteiger charge is 2.34. The fraction of sp³-hybridized carbons (Fsp3) is 0.412. The number of rotatable bonds is 4. The van der Waals surface area contributed by atoms with Crippen molar-refractivity contribution in [2.75, 3.05) is 26.0 Å². The van der Waals surface area contributed by atoms with Gasteiger partial charge in [0, 0.05) is 30.4 Å². The van der Waals surface area contributed by atoms with E-state index in [1.807, 2.05) is 49.3 Å². The number of hydrogen-bond acceptors (Lipinski definition) is 4. The van der Waals surface area contributed by atoms with Crippen LogP contribution in [0.3, 0.4) is 0 Å². The largest absolute Gasteiger partial charge is 0.380 e. The molecular formula is C17H21ClN4O2. The van der Waals surface area contributed by atoms with Crippen molar-refractivity contribution >= 4 is 23.3 Å². The lowest BCUT2D eigenvalue weighted by Crippen LogP contribution is -2.37. The molecule has 3 rings (SSSR count). The number of benzene rings is 1. The molecule has 1 N–H and O–H groups in total. The van der Waals surface area contributed by atoms with E-state index < -0.39 is 0 Å². The number of hydrogen-bond donors (Lipinski definition) is 1. The first kappa shape index (κ1) is 17.0. The number of ether oxygens (including phenoxy) is 1. The molecule has 7 heteroatoms. The highest BCUT2D eigenvalue weighted by molar-refractivity contribution is 6.30. The summed E-state index contributed by atoms with van der Waals surface area (Å²) >= 11 is 5.91. The molecule has 0 unspecified atom stereocenters. The maximum atomic E-state index is 12.6. The van der Waals surface area contributed by atoms with Crippen molar-refractivity contribution in [3.8, 4) is 5.69 Å². The van der Waals surface area contributed by atoms with Crippen LogP contribution in [0, 0.1) is 6.92 Å². The molecule has 0 saturated carbocycles. The van der Waals surface area contributed by atoms with Crippen molar-refractivity contribution in [2.45, 2.75) is 25.5 Å². The molecule has 128 valence electrons. The molecule has 2 aromatic rings. The second-order valence-corrected chi connectivity index (χ2v) is 6.56. The fourth-order valence-corrected chi connectivity index (χ4v) is 3.07. The first-order valence-corrected chi connectivity index (χ1v) is 8.22. The lowest BCUT2D eigenvalue weighted by Gasteiger charge is -2.17. The average molecular weight is 349 g/mol. The molecule has 0 aliphatic carbocycles. The maximum Gasteiger partial charge on any atom is 0.243 e. The number of nitrogens with one attached hydrogen (secondary N) is 1. The number of likely N-dealkylation sites (N-methyl/N-ethyl adjacent to an activating group) is 1. The number of carbonyl (C=O) groups is 1. The normalized spacial score (nSPS) is 21.2. The Morgan fingerprint density at radius 1 is 1.38 bits per heavy atom. The van der Waals surface area contributed by atoms with Gasteiger partial charge in [-0.25, -0.2) is 4.68 Å². The van der Waals surface area contributed by atoms with Crippen molar-refractivity contribution in [1.82, 2.24) is 14.7 Å². The maximum absolute atomic E-state index is 12.6. The van der Waals surface area contributed by atoms with Gasteiger partial charge in [0.05, 0.1) is 17.8 Å². The minimum absolute atomic E-state index is 0.0542. The molecule has 1 aliphatic rings. The average Bonchev–Trinajstić information content (AvgIpc) is 3.11. The van der Waals surface area contributed by atoms with E-state index in [9.17, 15) is 4.79 Å². The molecule has 1 aromatic heterocycles. The smallest absolute Gasteiger partial charge is 0.243 e. The number of aryl methyl sites for hydroxylation is 1. The van der Waals surface area contributed by atoms with Gasteiger partial charge in [0.15, 0.2) is 5.82 Å². The first-order valence-electron chi connectivity index (χ1n) is 7.84. The summed E-state index contributed by atoms with van der Waals surface area (Å²) in [4.78, 5) is 14.6. The van der Waals surface area contributed by atoms with Crippen molar-refractivity contribution < 1.29 is 9.53 Å². The molecule has 0 bridgehead atoms. The second-order valence-electron chi connectivity index (χ2n) is 6.12. The Hall–Kier alpha value is -1.89. The molecule has 2 atom stereocenters. The Labute approximate surface area is 146 Å². The van der Waals surface area contributed by atoms with Crippen LogP contribution < -0.4 is 5.32 Å². The molecule has 1 fully saturated rings. The van der Waals surface area contributed by atoms with Gasteiger partial charge in [-0.15, -0.1) is 5.10 Å². The van der Waals surface area contributed by atoms with Crippen LogP contribution in [0.15, 0.2) is 30.5 Å².